The number of aromatic nitrogens is 2. The number of hydrogen-bond acceptors (Lipinski definition) is 7. The first-order chi connectivity index (χ1) is 15.1. The van der Waals surface area contributed by atoms with E-state index >= 15 is 0 Å². The average molecular weight is 450 g/mol. The third-order valence-corrected chi connectivity index (χ3v) is 7.26. The second-order valence-electron chi connectivity index (χ2n) is 7.05. The molecule has 1 aliphatic rings. The number of hydrogen-bond donors (Lipinski definition) is 1. The number of benzene rings is 2. The van der Waals surface area contributed by atoms with Gasteiger partial charge in [0, 0.05) is 26.9 Å². The highest BCUT2D eigenvalue weighted by Gasteiger charge is 2.18. The molecule has 1 N–H and O–H groups in total. The lowest BCUT2D eigenvalue weighted by molar-refractivity contribution is 0.102. The van der Waals surface area contributed by atoms with E-state index in [0.717, 1.165) is 20.1 Å². The van der Waals surface area contributed by atoms with E-state index in [2.05, 4.69) is 29.1 Å². The number of ether oxygens (including phenoxy) is 2. The molecule has 2 aromatic heterocycles. The molecule has 2 aromatic carbocycles. The quantitative estimate of drug-likeness (QED) is 0.416. The van der Waals surface area contributed by atoms with E-state index in [-0.39, 0.29) is 5.91 Å². The van der Waals surface area contributed by atoms with Crippen molar-refractivity contribution in [3.05, 3.63) is 64.8 Å². The van der Waals surface area contributed by atoms with Gasteiger partial charge >= 0.3 is 0 Å². The first kappa shape index (κ1) is 19.8. The number of fused-ring (bicyclic) bond motifs is 2. The van der Waals surface area contributed by atoms with Gasteiger partial charge in [0.15, 0.2) is 11.5 Å². The van der Waals surface area contributed by atoms with Crippen LogP contribution in [0.3, 0.4) is 0 Å². The number of amides is 1. The molecule has 8 heteroatoms. The number of nitrogens with zero attached hydrogens (tertiary/aromatic N) is 2. The minimum Gasteiger partial charge on any atom is -0.486 e. The van der Waals surface area contributed by atoms with E-state index < -0.39 is 0 Å². The van der Waals surface area contributed by atoms with Crippen molar-refractivity contribution < 1.29 is 14.3 Å². The van der Waals surface area contributed by atoms with Crippen LogP contribution in [0.4, 0.5) is 5.69 Å². The summed E-state index contributed by atoms with van der Waals surface area (Å²) in [4.78, 5) is 25.0. The summed E-state index contributed by atoms with van der Waals surface area (Å²) in [7, 11) is 0. The summed E-state index contributed by atoms with van der Waals surface area (Å²) in [5.74, 6) is 1.14. The van der Waals surface area contributed by atoms with Gasteiger partial charge in [-0.25, -0.2) is 9.97 Å². The monoisotopic (exact) mass is 449 g/mol. The third kappa shape index (κ3) is 3.84. The number of rotatable bonds is 4. The Labute approximate surface area is 187 Å². The molecule has 0 aliphatic carbocycles. The Morgan fingerprint density at radius 2 is 1.87 bits per heavy atom. The van der Waals surface area contributed by atoms with E-state index in [1.165, 1.54) is 22.2 Å². The number of anilines is 1. The molecule has 3 heterocycles. The van der Waals surface area contributed by atoms with E-state index in [0.29, 0.717) is 36.0 Å². The highest BCUT2D eigenvalue weighted by atomic mass is 32.2. The molecule has 1 amide bonds. The maximum absolute atomic E-state index is 13.1. The van der Waals surface area contributed by atoms with E-state index in [4.69, 9.17) is 9.47 Å². The predicted molar refractivity (Wildman–Crippen MR) is 123 cm³/mol. The zero-order valence-electron chi connectivity index (χ0n) is 17.0. The van der Waals surface area contributed by atoms with Gasteiger partial charge in [-0.15, -0.1) is 11.3 Å². The molecule has 5 rings (SSSR count). The predicted octanol–water partition coefficient (Wildman–Crippen LogP) is 5.48. The zero-order valence-corrected chi connectivity index (χ0v) is 18.6. The number of carbonyl (C=O) groups is 1. The Balaban J connectivity index is 1.44. The van der Waals surface area contributed by atoms with Crippen LogP contribution in [0.2, 0.25) is 0 Å². The van der Waals surface area contributed by atoms with E-state index in [1.807, 2.05) is 36.4 Å². The van der Waals surface area contributed by atoms with Gasteiger partial charge in [0.1, 0.15) is 29.4 Å². The Kier molecular flexibility index (Phi) is 5.25. The van der Waals surface area contributed by atoms with Crippen molar-refractivity contribution in [2.45, 2.75) is 23.8 Å². The van der Waals surface area contributed by atoms with Crippen LogP contribution in [-0.4, -0.2) is 29.1 Å². The molecule has 0 saturated heterocycles. The lowest BCUT2D eigenvalue weighted by atomic mass is 10.2. The summed E-state index contributed by atoms with van der Waals surface area (Å²) >= 11 is 3.14. The van der Waals surface area contributed by atoms with Crippen LogP contribution in [0.25, 0.3) is 10.2 Å². The molecular formula is C23H19N3O3S2. The van der Waals surface area contributed by atoms with Gasteiger partial charge < -0.3 is 14.8 Å². The molecule has 31 heavy (non-hydrogen) atoms. The van der Waals surface area contributed by atoms with Gasteiger partial charge in [0.25, 0.3) is 5.91 Å². The van der Waals surface area contributed by atoms with Gasteiger partial charge in [-0.2, -0.15) is 0 Å². The Bertz CT molecular complexity index is 1300. The molecular weight excluding hydrogens is 430 g/mol. The Hall–Kier alpha value is -3.10. The van der Waals surface area contributed by atoms with Gasteiger partial charge in [-0.3, -0.25) is 4.79 Å². The lowest BCUT2D eigenvalue weighted by Gasteiger charge is -2.19. The highest BCUT2D eigenvalue weighted by molar-refractivity contribution is 7.99. The molecule has 6 nitrogen and oxygen atoms in total. The average Bonchev–Trinajstić information content (AvgIpc) is 3.08. The normalized spacial score (nSPS) is 12.7. The van der Waals surface area contributed by atoms with Gasteiger partial charge in [0.2, 0.25) is 0 Å². The van der Waals surface area contributed by atoms with Crippen molar-refractivity contribution >= 4 is 44.9 Å². The maximum atomic E-state index is 13.1. The summed E-state index contributed by atoms with van der Waals surface area (Å²) in [6.45, 7) is 5.20. The maximum Gasteiger partial charge on any atom is 0.256 e. The topological polar surface area (TPSA) is 73.3 Å². The molecule has 0 radical (unpaired) electrons. The molecule has 4 aromatic rings. The minimum atomic E-state index is -0.191. The number of carbonyl (C=O) groups excluding carboxylic acids is 1. The smallest absolute Gasteiger partial charge is 0.256 e. The van der Waals surface area contributed by atoms with Crippen molar-refractivity contribution in [3.63, 3.8) is 0 Å². The largest absolute Gasteiger partial charge is 0.486 e. The van der Waals surface area contributed by atoms with E-state index in [1.54, 1.807) is 23.7 Å². The number of aryl methyl sites for hydroxylation is 2. The van der Waals surface area contributed by atoms with Crippen molar-refractivity contribution in [1.82, 2.24) is 9.97 Å². The fourth-order valence-corrected chi connectivity index (χ4v) is 5.53. The fraction of sp³-hybridized carbons (Fsp3) is 0.174. The zero-order chi connectivity index (χ0) is 21.4. The molecule has 1 aliphatic heterocycles. The van der Waals surface area contributed by atoms with Gasteiger partial charge in [-0.05, 0) is 43.7 Å². The second-order valence-corrected chi connectivity index (χ2v) is 9.29. The summed E-state index contributed by atoms with van der Waals surface area (Å²) in [5.41, 5.74) is 2.42. The van der Waals surface area contributed by atoms with E-state index in [9.17, 15) is 4.79 Å². The second kappa shape index (κ2) is 8.20. The highest BCUT2D eigenvalue weighted by Crippen LogP contribution is 2.39. The molecule has 0 fully saturated rings. The van der Waals surface area contributed by atoms with Crippen molar-refractivity contribution in [2.24, 2.45) is 0 Å². The molecule has 0 bridgehead atoms. The number of nitrogens with one attached hydrogen (secondary N) is 1. The van der Waals surface area contributed by atoms with Gasteiger partial charge in [0.05, 0.1) is 5.56 Å². The summed E-state index contributed by atoms with van der Waals surface area (Å²) in [5, 5.41) is 4.87. The summed E-state index contributed by atoms with van der Waals surface area (Å²) in [6, 6.07) is 12.9. The molecule has 0 saturated carbocycles. The third-order valence-electron chi connectivity index (χ3n) is 5.07. The van der Waals surface area contributed by atoms with Crippen LogP contribution in [0, 0.1) is 13.8 Å². The van der Waals surface area contributed by atoms with Crippen LogP contribution in [0.15, 0.2) is 58.7 Å². The fourth-order valence-electron chi connectivity index (χ4n) is 3.39. The van der Waals surface area contributed by atoms with Crippen LogP contribution < -0.4 is 14.8 Å². The molecule has 0 spiro atoms. The van der Waals surface area contributed by atoms with Crippen molar-refractivity contribution in [1.29, 1.82) is 0 Å². The van der Waals surface area contributed by atoms with Crippen LogP contribution in [0.5, 0.6) is 11.5 Å². The number of thiophene rings is 1. The van der Waals surface area contributed by atoms with Crippen molar-refractivity contribution in [3.8, 4) is 11.5 Å². The lowest BCUT2D eigenvalue weighted by Crippen LogP contribution is -2.16. The van der Waals surface area contributed by atoms with Crippen LogP contribution in [0.1, 0.15) is 20.8 Å². The first-order valence-electron chi connectivity index (χ1n) is 9.79. The molecule has 0 unspecified atom stereocenters. The Morgan fingerprint density at radius 1 is 1.06 bits per heavy atom. The first-order valence-corrected chi connectivity index (χ1v) is 11.4. The van der Waals surface area contributed by atoms with Crippen LogP contribution in [-0.2, 0) is 0 Å². The SMILES string of the molecule is Cc1sc2ncnc(Sc3ccccc3C(=O)Nc3ccc4c(c3)OCCO4)c2c1C. The summed E-state index contributed by atoms with van der Waals surface area (Å²) < 4.78 is 11.2. The van der Waals surface area contributed by atoms with Crippen LogP contribution >= 0.6 is 23.1 Å². The molecule has 0 atom stereocenters. The summed E-state index contributed by atoms with van der Waals surface area (Å²) in [6.07, 6.45) is 1.58. The van der Waals surface area contributed by atoms with Gasteiger partial charge in [-0.1, -0.05) is 23.9 Å². The standard InChI is InChI=1S/C23H19N3O3S2/c1-13-14(2)30-22-20(13)23(25-12-24-22)31-19-6-4-3-5-16(19)21(27)26-15-7-8-17-18(11-15)29-10-9-28-17/h3-8,11-12H,9-10H2,1-2H3,(H,26,27). The Morgan fingerprint density at radius 3 is 2.74 bits per heavy atom. The van der Waals surface area contributed by atoms with Crippen molar-refractivity contribution in [2.75, 3.05) is 18.5 Å². The molecule has 156 valence electrons. The minimum absolute atomic E-state index is 0.191.